The van der Waals surface area contributed by atoms with Crippen LogP contribution in [0.25, 0.3) is 0 Å². The van der Waals surface area contributed by atoms with Gasteiger partial charge in [0.15, 0.2) is 0 Å². The molecule has 0 spiro atoms. The Kier molecular flexibility index (Phi) is 5.36. The molecule has 3 heteroatoms. The zero-order valence-corrected chi connectivity index (χ0v) is 12.8. The molecular formula is C17H25N3. The monoisotopic (exact) mass is 271 g/mol. The van der Waals surface area contributed by atoms with Gasteiger partial charge < -0.3 is 5.32 Å². The lowest BCUT2D eigenvalue weighted by Crippen LogP contribution is -2.16. The van der Waals surface area contributed by atoms with E-state index in [0.29, 0.717) is 0 Å². The van der Waals surface area contributed by atoms with Crippen molar-refractivity contribution in [1.82, 2.24) is 15.1 Å². The van der Waals surface area contributed by atoms with Crippen LogP contribution in [0.2, 0.25) is 0 Å². The molecule has 2 aromatic rings. The van der Waals surface area contributed by atoms with E-state index < -0.39 is 0 Å². The number of aromatic nitrogens is 2. The fraction of sp³-hybridized carbons (Fsp3) is 0.471. The van der Waals surface area contributed by atoms with Gasteiger partial charge in [-0.1, -0.05) is 37.3 Å². The molecule has 0 fully saturated rings. The van der Waals surface area contributed by atoms with Crippen LogP contribution >= 0.6 is 0 Å². The molecule has 0 saturated carbocycles. The Morgan fingerprint density at radius 3 is 2.55 bits per heavy atom. The lowest BCUT2D eigenvalue weighted by molar-refractivity contribution is 0.593. The van der Waals surface area contributed by atoms with Gasteiger partial charge in [0.1, 0.15) is 0 Å². The first kappa shape index (κ1) is 14.8. The second-order valence-electron chi connectivity index (χ2n) is 5.21. The van der Waals surface area contributed by atoms with Crippen LogP contribution in [-0.4, -0.2) is 22.9 Å². The van der Waals surface area contributed by atoms with Crippen molar-refractivity contribution in [2.75, 3.05) is 13.1 Å². The Labute approximate surface area is 122 Å². The zero-order chi connectivity index (χ0) is 14.4. The highest BCUT2D eigenvalue weighted by molar-refractivity contribution is 5.25. The summed E-state index contributed by atoms with van der Waals surface area (Å²) < 4.78 is 2.16. The number of hydrogen-bond donors (Lipinski definition) is 1. The van der Waals surface area contributed by atoms with Gasteiger partial charge in [0.2, 0.25) is 0 Å². The smallest absolute Gasteiger partial charge is 0.0628 e. The van der Waals surface area contributed by atoms with E-state index in [4.69, 9.17) is 5.10 Å². The summed E-state index contributed by atoms with van der Waals surface area (Å²) in [4.78, 5) is 0. The molecule has 20 heavy (non-hydrogen) atoms. The third-order valence-corrected chi connectivity index (χ3v) is 3.79. The predicted molar refractivity (Wildman–Crippen MR) is 84.1 cm³/mol. The fourth-order valence-electron chi connectivity index (χ4n) is 2.58. The minimum atomic E-state index is 0.956. The maximum Gasteiger partial charge on any atom is 0.0628 e. The Hall–Kier alpha value is -1.61. The van der Waals surface area contributed by atoms with E-state index in [1.807, 2.05) is 0 Å². The largest absolute Gasteiger partial charge is 0.317 e. The van der Waals surface area contributed by atoms with Crippen molar-refractivity contribution in [3.63, 3.8) is 0 Å². The standard InChI is InChI=1S/C17H25N3/c1-4-18-12-10-17-14(2)19-20(15(17)3)13-11-16-8-6-5-7-9-16/h5-9,18H,4,10-13H2,1-3H3. The maximum absolute atomic E-state index is 4.69. The number of benzene rings is 1. The Bertz CT molecular complexity index is 529. The third kappa shape index (κ3) is 3.70. The van der Waals surface area contributed by atoms with E-state index in [0.717, 1.165) is 32.5 Å². The summed E-state index contributed by atoms with van der Waals surface area (Å²) in [5.74, 6) is 0. The fourth-order valence-corrected chi connectivity index (χ4v) is 2.58. The average molecular weight is 271 g/mol. The van der Waals surface area contributed by atoms with Crippen LogP contribution in [0.3, 0.4) is 0 Å². The highest BCUT2D eigenvalue weighted by Gasteiger charge is 2.10. The topological polar surface area (TPSA) is 29.9 Å². The molecule has 0 aliphatic carbocycles. The van der Waals surface area contributed by atoms with Gasteiger partial charge in [-0.2, -0.15) is 5.10 Å². The summed E-state index contributed by atoms with van der Waals surface area (Å²) in [6.45, 7) is 9.46. The molecule has 1 aromatic heterocycles. The van der Waals surface area contributed by atoms with Crippen LogP contribution in [0.5, 0.6) is 0 Å². The Balaban J connectivity index is 2.00. The lowest BCUT2D eigenvalue weighted by atomic mass is 10.1. The summed E-state index contributed by atoms with van der Waals surface area (Å²) in [5, 5.41) is 8.07. The summed E-state index contributed by atoms with van der Waals surface area (Å²) in [5.41, 5.74) is 5.26. The molecule has 3 nitrogen and oxygen atoms in total. The molecular weight excluding hydrogens is 246 g/mol. The van der Waals surface area contributed by atoms with E-state index in [1.54, 1.807) is 0 Å². The Morgan fingerprint density at radius 1 is 1.10 bits per heavy atom. The molecule has 0 amide bonds. The minimum absolute atomic E-state index is 0.956. The molecule has 0 atom stereocenters. The van der Waals surface area contributed by atoms with Crippen molar-refractivity contribution in [3.05, 3.63) is 52.8 Å². The van der Waals surface area contributed by atoms with Crippen LogP contribution < -0.4 is 5.32 Å². The van der Waals surface area contributed by atoms with E-state index in [2.05, 4.69) is 61.1 Å². The van der Waals surface area contributed by atoms with Crippen LogP contribution in [0.15, 0.2) is 30.3 Å². The summed E-state index contributed by atoms with van der Waals surface area (Å²) in [6, 6.07) is 10.6. The lowest BCUT2D eigenvalue weighted by Gasteiger charge is -2.06. The van der Waals surface area contributed by atoms with Gasteiger partial charge in [-0.25, -0.2) is 0 Å². The molecule has 2 rings (SSSR count). The van der Waals surface area contributed by atoms with Gasteiger partial charge >= 0.3 is 0 Å². The van der Waals surface area contributed by atoms with Crippen LogP contribution in [0.1, 0.15) is 29.4 Å². The molecule has 0 unspecified atom stereocenters. The van der Waals surface area contributed by atoms with Crippen LogP contribution in [0, 0.1) is 13.8 Å². The number of hydrogen-bond acceptors (Lipinski definition) is 2. The van der Waals surface area contributed by atoms with E-state index in [9.17, 15) is 0 Å². The van der Waals surface area contributed by atoms with Crippen LogP contribution in [0.4, 0.5) is 0 Å². The van der Waals surface area contributed by atoms with Gasteiger partial charge in [-0.3, -0.25) is 4.68 Å². The van der Waals surface area contributed by atoms with E-state index in [-0.39, 0.29) is 0 Å². The summed E-state index contributed by atoms with van der Waals surface area (Å²) >= 11 is 0. The molecule has 1 aromatic carbocycles. The zero-order valence-electron chi connectivity index (χ0n) is 12.8. The summed E-state index contributed by atoms with van der Waals surface area (Å²) in [7, 11) is 0. The number of aryl methyl sites for hydroxylation is 3. The highest BCUT2D eigenvalue weighted by atomic mass is 15.3. The number of nitrogens with zero attached hydrogens (tertiary/aromatic N) is 2. The van der Waals surface area contributed by atoms with Crippen molar-refractivity contribution >= 4 is 0 Å². The van der Waals surface area contributed by atoms with Gasteiger partial charge in [-0.05, 0) is 50.9 Å². The minimum Gasteiger partial charge on any atom is -0.317 e. The third-order valence-electron chi connectivity index (χ3n) is 3.79. The predicted octanol–water partition coefficient (Wildman–Crippen LogP) is 2.89. The van der Waals surface area contributed by atoms with Gasteiger partial charge in [0.25, 0.3) is 0 Å². The van der Waals surface area contributed by atoms with E-state index in [1.165, 1.54) is 22.5 Å². The van der Waals surface area contributed by atoms with Crippen molar-refractivity contribution in [2.24, 2.45) is 0 Å². The second-order valence-corrected chi connectivity index (χ2v) is 5.21. The average Bonchev–Trinajstić information content (AvgIpc) is 2.74. The van der Waals surface area contributed by atoms with Gasteiger partial charge in [0, 0.05) is 12.2 Å². The Morgan fingerprint density at radius 2 is 1.85 bits per heavy atom. The molecule has 1 N–H and O–H groups in total. The SMILES string of the molecule is CCNCCc1c(C)nn(CCc2ccccc2)c1C. The van der Waals surface area contributed by atoms with Crippen LogP contribution in [-0.2, 0) is 19.4 Å². The quantitative estimate of drug-likeness (QED) is 0.785. The van der Waals surface area contributed by atoms with Crippen molar-refractivity contribution in [1.29, 1.82) is 0 Å². The first-order valence-electron chi connectivity index (χ1n) is 7.50. The van der Waals surface area contributed by atoms with E-state index >= 15 is 0 Å². The molecule has 108 valence electrons. The highest BCUT2D eigenvalue weighted by Crippen LogP contribution is 2.14. The second kappa shape index (κ2) is 7.25. The molecule has 1 heterocycles. The number of nitrogens with one attached hydrogen (secondary N) is 1. The molecule has 0 aliphatic rings. The first-order valence-corrected chi connectivity index (χ1v) is 7.50. The first-order chi connectivity index (χ1) is 9.72. The maximum atomic E-state index is 4.69. The van der Waals surface area contributed by atoms with Gasteiger partial charge in [0.05, 0.1) is 5.69 Å². The van der Waals surface area contributed by atoms with Gasteiger partial charge in [-0.15, -0.1) is 0 Å². The van der Waals surface area contributed by atoms with Crippen molar-refractivity contribution < 1.29 is 0 Å². The number of likely N-dealkylation sites (N-methyl/N-ethyl adjacent to an activating group) is 1. The molecule has 0 bridgehead atoms. The normalized spacial score (nSPS) is 10.9. The molecule has 0 saturated heterocycles. The molecule has 0 radical (unpaired) electrons. The molecule has 0 aliphatic heterocycles. The summed E-state index contributed by atoms with van der Waals surface area (Å²) in [6.07, 6.45) is 2.10. The number of rotatable bonds is 7. The van der Waals surface area contributed by atoms with Crippen molar-refractivity contribution in [3.8, 4) is 0 Å². The van der Waals surface area contributed by atoms with Crippen molar-refractivity contribution in [2.45, 2.75) is 40.2 Å².